The van der Waals surface area contributed by atoms with E-state index in [1.807, 2.05) is 6.07 Å². The molecule has 144 valence electrons. The minimum Gasteiger partial charge on any atom is -0.495 e. The Morgan fingerprint density at radius 2 is 1.68 bits per heavy atom. The fraction of sp³-hybridized carbons (Fsp3) is 0.700. The number of ether oxygens (including phenoxy) is 1. The number of hydrogen-bond acceptors (Lipinski definition) is 5. The van der Waals surface area contributed by atoms with E-state index in [2.05, 4.69) is 47.7 Å². The van der Waals surface area contributed by atoms with Crippen LogP contribution in [0.1, 0.15) is 34.5 Å². The van der Waals surface area contributed by atoms with Gasteiger partial charge in [-0.2, -0.15) is 0 Å². The van der Waals surface area contributed by atoms with Crippen molar-refractivity contribution in [3.63, 3.8) is 0 Å². The van der Waals surface area contributed by atoms with Crippen LogP contribution in [-0.2, 0) is 0 Å². The maximum atomic E-state index is 5.91. The van der Waals surface area contributed by atoms with Crippen LogP contribution in [0.5, 0.6) is 5.75 Å². The minimum atomic E-state index is 0. The molecular formula is C20H38N4O. The smallest absolute Gasteiger partial charge is 0.143 e. The van der Waals surface area contributed by atoms with Crippen LogP contribution >= 0.6 is 0 Å². The predicted molar refractivity (Wildman–Crippen MR) is 110 cm³/mol. The van der Waals surface area contributed by atoms with E-state index in [1.54, 1.807) is 7.11 Å². The van der Waals surface area contributed by atoms with Gasteiger partial charge in [0.25, 0.3) is 0 Å². The van der Waals surface area contributed by atoms with Crippen LogP contribution in [0.2, 0.25) is 0 Å². The average Bonchev–Trinajstić information content (AvgIpc) is 2.64. The minimum absolute atomic E-state index is 0. The number of methoxy groups -OCH3 is 1. The monoisotopic (exact) mass is 350 g/mol. The largest absolute Gasteiger partial charge is 0.495 e. The SMILES string of the molecule is CCC.COc1cc(N2CCC(N3CCN(C)CC3)CC2)ccc1N.[HH]. The van der Waals surface area contributed by atoms with Gasteiger partial charge in [-0.25, -0.2) is 0 Å². The van der Waals surface area contributed by atoms with E-state index in [9.17, 15) is 0 Å². The number of hydrogen-bond donors (Lipinski definition) is 1. The second-order valence-electron chi connectivity index (χ2n) is 7.19. The van der Waals surface area contributed by atoms with Crippen molar-refractivity contribution in [2.24, 2.45) is 0 Å². The number of nitrogens with two attached hydrogens (primary N) is 1. The highest BCUT2D eigenvalue weighted by Gasteiger charge is 2.26. The Hall–Kier alpha value is -1.46. The lowest BCUT2D eigenvalue weighted by atomic mass is 10.0. The van der Waals surface area contributed by atoms with Gasteiger partial charge < -0.3 is 20.3 Å². The van der Waals surface area contributed by atoms with Crippen molar-refractivity contribution >= 4 is 11.4 Å². The van der Waals surface area contributed by atoms with Crippen LogP contribution in [0.4, 0.5) is 11.4 Å². The highest BCUT2D eigenvalue weighted by Crippen LogP contribution is 2.30. The van der Waals surface area contributed by atoms with Crippen LogP contribution < -0.4 is 15.4 Å². The summed E-state index contributed by atoms with van der Waals surface area (Å²) in [5.74, 6) is 0.777. The van der Waals surface area contributed by atoms with Crippen molar-refractivity contribution in [1.82, 2.24) is 9.80 Å². The Labute approximate surface area is 155 Å². The Morgan fingerprint density at radius 1 is 1.08 bits per heavy atom. The Balaban J connectivity index is 0.000000791. The molecule has 5 heteroatoms. The summed E-state index contributed by atoms with van der Waals surface area (Å²) in [6.45, 7) is 11.3. The molecule has 2 N–H and O–H groups in total. The molecule has 0 spiro atoms. The number of rotatable bonds is 3. The average molecular weight is 351 g/mol. The standard InChI is InChI=1S/C17H28N4O.C3H8.H2/c1-19-9-11-21(12-10-19)14-5-7-20(8-6-14)15-3-4-16(18)17(13-15)22-2;1-3-2;/h3-4,13-14H,5-12,18H2,1-2H3;3H2,1-2H3;1H. The van der Waals surface area contributed by atoms with Gasteiger partial charge >= 0.3 is 0 Å². The number of piperidine rings is 1. The van der Waals surface area contributed by atoms with Gasteiger partial charge in [-0.3, -0.25) is 4.90 Å². The topological polar surface area (TPSA) is 45.0 Å². The van der Waals surface area contributed by atoms with Crippen molar-refractivity contribution in [1.29, 1.82) is 0 Å². The van der Waals surface area contributed by atoms with Crippen molar-refractivity contribution in [3.8, 4) is 5.75 Å². The quantitative estimate of drug-likeness (QED) is 0.849. The Kier molecular flexibility index (Phi) is 7.85. The lowest BCUT2D eigenvalue weighted by Gasteiger charge is -2.42. The lowest BCUT2D eigenvalue weighted by molar-refractivity contribution is 0.0982. The first-order chi connectivity index (χ1) is 12.1. The first-order valence-electron chi connectivity index (χ1n) is 9.70. The third kappa shape index (κ3) is 5.51. The summed E-state index contributed by atoms with van der Waals surface area (Å²) in [7, 11) is 3.89. The summed E-state index contributed by atoms with van der Waals surface area (Å²) < 4.78 is 5.34. The molecule has 3 rings (SSSR count). The fourth-order valence-corrected chi connectivity index (χ4v) is 3.57. The van der Waals surface area contributed by atoms with Gasteiger partial charge in [0.05, 0.1) is 12.8 Å². The van der Waals surface area contributed by atoms with E-state index < -0.39 is 0 Å². The van der Waals surface area contributed by atoms with E-state index >= 15 is 0 Å². The summed E-state index contributed by atoms with van der Waals surface area (Å²) in [6, 6.07) is 6.86. The number of piperazine rings is 1. The van der Waals surface area contributed by atoms with Gasteiger partial charge in [0.15, 0.2) is 0 Å². The van der Waals surface area contributed by atoms with Gasteiger partial charge in [0.1, 0.15) is 5.75 Å². The molecule has 0 saturated carbocycles. The first kappa shape index (κ1) is 19.9. The second-order valence-corrected chi connectivity index (χ2v) is 7.19. The predicted octanol–water partition coefficient (Wildman–Crippen LogP) is 3.16. The third-order valence-electron chi connectivity index (χ3n) is 5.10. The highest BCUT2D eigenvalue weighted by atomic mass is 16.5. The highest BCUT2D eigenvalue weighted by molar-refractivity contribution is 5.62. The second kappa shape index (κ2) is 9.88. The van der Waals surface area contributed by atoms with E-state index in [0.717, 1.165) is 24.9 Å². The molecule has 2 heterocycles. The van der Waals surface area contributed by atoms with Crippen molar-refractivity contribution in [2.45, 2.75) is 39.2 Å². The summed E-state index contributed by atoms with van der Waals surface area (Å²) in [6.07, 6.45) is 3.74. The van der Waals surface area contributed by atoms with Crippen LogP contribution in [0, 0.1) is 0 Å². The zero-order valence-electron chi connectivity index (χ0n) is 16.5. The molecule has 5 nitrogen and oxygen atoms in total. The molecule has 1 aromatic rings. The van der Waals surface area contributed by atoms with E-state index in [4.69, 9.17) is 10.5 Å². The van der Waals surface area contributed by atoms with Crippen molar-refractivity contribution < 1.29 is 6.16 Å². The van der Waals surface area contributed by atoms with Crippen LogP contribution in [-0.4, -0.2) is 69.3 Å². The van der Waals surface area contributed by atoms with E-state index in [0.29, 0.717) is 5.69 Å². The van der Waals surface area contributed by atoms with Crippen molar-refractivity contribution in [2.75, 3.05) is 64.1 Å². The van der Waals surface area contributed by atoms with Crippen molar-refractivity contribution in [3.05, 3.63) is 18.2 Å². The van der Waals surface area contributed by atoms with Gasteiger partial charge in [-0.05, 0) is 32.0 Å². The molecule has 25 heavy (non-hydrogen) atoms. The maximum Gasteiger partial charge on any atom is 0.143 e. The molecule has 2 aliphatic rings. The third-order valence-corrected chi connectivity index (χ3v) is 5.10. The molecule has 0 radical (unpaired) electrons. The Morgan fingerprint density at radius 3 is 2.24 bits per heavy atom. The molecule has 1 aromatic carbocycles. The number of nitrogen functional groups attached to an aromatic ring is 1. The molecule has 0 bridgehead atoms. The molecule has 0 aliphatic carbocycles. The van der Waals surface area contributed by atoms with Crippen LogP contribution in [0.25, 0.3) is 0 Å². The molecule has 0 unspecified atom stereocenters. The van der Waals surface area contributed by atoms with Crippen LogP contribution in [0.15, 0.2) is 18.2 Å². The number of likely N-dealkylation sites (N-methyl/N-ethyl adjacent to an activating group) is 1. The number of nitrogens with zero attached hydrogens (tertiary/aromatic N) is 3. The molecule has 0 aromatic heterocycles. The summed E-state index contributed by atoms with van der Waals surface area (Å²) in [4.78, 5) is 7.56. The normalized spacial score (nSPS) is 20.1. The first-order valence-corrected chi connectivity index (χ1v) is 9.70. The molecule has 2 aliphatic heterocycles. The number of benzene rings is 1. The number of anilines is 2. The van der Waals surface area contributed by atoms with E-state index in [-0.39, 0.29) is 1.43 Å². The van der Waals surface area contributed by atoms with Gasteiger partial charge in [-0.15, -0.1) is 0 Å². The lowest BCUT2D eigenvalue weighted by Crippen LogP contribution is -2.52. The van der Waals surface area contributed by atoms with Crippen LogP contribution in [0.3, 0.4) is 0 Å². The summed E-state index contributed by atoms with van der Waals surface area (Å²) in [5.41, 5.74) is 7.84. The molecule has 2 fully saturated rings. The van der Waals surface area contributed by atoms with Gasteiger partial charge in [0.2, 0.25) is 0 Å². The fourth-order valence-electron chi connectivity index (χ4n) is 3.57. The molecule has 0 amide bonds. The molecule has 2 saturated heterocycles. The van der Waals surface area contributed by atoms with Gasteiger partial charge in [-0.1, -0.05) is 20.3 Å². The summed E-state index contributed by atoms with van der Waals surface area (Å²) >= 11 is 0. The zero-order chi connectivity index (χ0) is 18.2. The summed E-state index contributed by atoms with van der Waals surface area (Å²) in [5, 5.41) is 0. The molecule has 0 atom stereocenters. The molecular weight excluding hydrogens is 312 g/mol. The van der Waals surface area contributed by atoms with Gasteiger partial charge in [0, 0.05) is 58.5 Å². The van der Waals surface area contributed by atoms with E-state index in [1.165, 1.54) is 51.1 Å². The maximum absolute atomic E-state index is 5.91. The zero-order valence-corrected chi connectivity index (χ0v) is 16.5. The Bertz CT molecular complexity index is 513.